The number of hydrogen-bond acceptors (Lipinski definition) is 5. The van der Waals surface area contributed by atoms with Crippen LogP contribution in [0.1, 0.15) is 33.2 Å². The third kappa shape index (κ3) is 2.25. The van der Waals surface area contributed by atoms with Crippen molar-refractivity contribution < 1.29 is 4.79 Å². The maximum Gasteiger partial charge on any atom is 0.292 e. The molecule has 0 fully saturated rings. The Morgan fingerprint density at radius 2 is 2.21 bits per heavy atom. The van der Waals surface area contributed by atoms with Gasteiger partial charge in [0.1, 0.15) is 10.7 Å². The molecule has 0 radical (unpaired) electrons. The van der Waals surface area contributed by atoms with Crippen LogP contribution in [0.15, 0.2) is 11.0 Å². The molecule has 0 aliphatic heterocycles. The van der Waals surface area contributed by atoms with Crippen molar-refractivity contribution in [2.75, 3.05) is 5.43 Å². The molecule has 3 aromatic heterocycles. The predicted molar refractivity (Wildman–Crippen MR) is 92.6 cm³/mol. The summed E-state index contributed by atoms with van der Waals surface area (Å²) in [6.07, 6.45) is 4.46. The van der Waals surface area contributed by atoms with Crippen molar-refractivity contribution in [3.05, 3.63) is 43.5 Å². The van der Waals surface area contributed by atoms with E-state index in [1.54, 1.807) is 25.3 Å². The summed E-state index contributed by atoms with van der Waals surface area (Å²) >= 11 is 7.57. The molecule has 0 atom stereocenters. The fraction of sp³-hybridized carbons (Fsp3) is 0.333. The molecule has 0 saturated carbocycles. The van der Waals surface area contributed by atoms with Crippen LogP contribution < -0.4 is 11.0 Å². The molecule has 1 aliphatic rings. The Bertz CT molecular complexity index is 1050. The summed E-state index contributed by atoms with van der Waals surface area (Å²) in [6, 6.07) is 0. The molecule has 0 saturated heterocycles. The molecular weight excluding hydrogens is 350 g/mol. The molecule has 7 nitrogen and oxygen atoms in total. The van der Waals surface area contributed by atoms with Gasteiger partial charge in [-0.2, -0.15) is 5.10 Å². The van der Waals surface area contributed by atoms with E-state index >= 15 is 0 Å². The normalized spacial score (nSPS) is 13.5. The van der Waals surface area contributed by atoms with E-state index in [-0.39, 0.29) is 16.3 Å². The van der Waals surface area contributed by atoms with E-state index in [9.17, 15) is 9.59 Å². The van der Waals surface area contributed by atoms with Gasteiger partial charge in [0.25, 0.3) is 11.5 Å². The summed E-state index contributed by atoms with van der Waals surface area (Å²) in [6.45, 7) is 1.69. The summed E-state index contributed by atoms with van der Waals surface area (Å²) in [7, 11) is 1.67. The third-order valence-corrected chi connectivity index (χ3v) is 5.58. The zero-order valence-corrected chi connectivity index (χ0v) is 14.7. The van der Waals surface area contributed by atoms with Crippen LogP contribution in [0.2, 0.25) is 5.02 Å². The first-order valence-electron chi connectivity index (χ1n) is 7.50. The average Bonchev–Trinajstić information content (AvgIpc) is 3.17. The quantitative estimate of drug-likeness (QED) is 0.755. The SMILES string of the molecule is Cc1nc2sc3c(c2c(=O)n1NC(=O)c1nn(C)cc1Cl)CCC3. The molecule has 1 aliphatic carbocycles. The fourth-order valence-corrected chi connectivity index (χ4v) is 4.61. The highest BCUT2D eigenvalue weighted by Crippen LogP contribution is 2.34. The number of aryl methyl sites for hydroxylation is 4. The van der Waals surface area contributed by atoms with Crippen LogP contribution in [0, 0.1) is 6.92 Å². The number of hydrogen-bond donors (Lipinski definition) is 1. The fourth-order valence-electron chi connectivity index (χ4n) is 3.04. The topological polar surface area (TPSA) is 81.8 Å². The van der Waals surface area contributed by atoms with Crippen LogP contribution in [0.3, 0.4) is 0 Å². The molecule has 9 heteroatoms. The average molecular weight is 364 g/mol. The highest BCUT2D eigenvalue weighted by atomic mass is 35.5. The van der Waals surface area contributed by atoms with Crippen molar-refractivity contribution in [1.82, 2.24) is 19.4 Å². The van der Waals surface area contributed by atoms with E-state index in [0.717, 1.165) is 29.7 Å². The van der Waals surface area contributed by atoms with Gasteiger partial charge in [-0.1, -0.05) is 11.6 Å². The van der Waals surface area contributed by atoms with E-state index in [0.29, 0.717) is 11.2 Å². The van der Waals surface area contributed by atoms with E-state index < -0.39 is 5.91 Å². The Hall–Kier alpha value is -2.19. The largest absolute Gasteiger partial charge is 0.292 e. The second-order valence-corrected chi connectivity index (χ2v) is 7.27. The van der Waals surface area contributed by atoms with Crippen molar-refractivity contribution in [3.63, 3.8) is 0 Å². The van der Waals surface area contributed by atoms with Crippen LogP contribution in [0.4, 0.5) is 0 Å². The van der Waals surface area contributed by atoms with Crippen molar-refractivity contribution in [3.8, 4) is 0 Å². The first-order valence-corrected chi connectivity index (χ1v) is 8.69. The number of carbonyl (C=O) groups excluding carboxylic acids is 1. The van der Waals surface area contributed by atoms with Gasteiger partial charge in [-0.3, -0.25) is 19.7 Å². The maximum absolute atomic E-state index is 12.9. The highest BCUT2D eigenvalue weighted by molar-refractivity contribution is 7.18. The van der Waals surface area contributed by atoms with E-state index in [1.165, 1.54) is 20.4 Å². The summed E-state index contributed by atoms with van der Waals surface area (Å²) < 4.78 is 2.63. The molecule has 1 amide bonds. The van der Waals surface area contributed by atoms with E-state index in [2.05, 4.69) is 15.5 Å². The third-order valence-electron chi connectivity index (χ3n) is 4.12. The Morgan fingerprint density at radius 3 is 2.92 bits per heavy atom. The number of nitrogens with zero attached hydrogens (tertiary/aromatic N) is 4. The predicted octanol–water partition coefficient (Wildman–Crippen LogP) is 2.03. The smallest absolute Gasteiger partial charge is 0.273 e. The summed E-state index contributed by atoms with van der Waals surface area (Å²) in [4.78, 5) is 31.7. The van der Waals surface area contributed by atoms with Gasteiger partial charge in [-0.25, -0.2) is 9.66 Å². The van der Waals surface area contributed by atoms with Gasteiger partial charge >= 0.3 is 0 Å². The van der Waals surface area contributed by atoms with Crippen molar-refractivity contribution in [2.24, 2.45) is 7.05 Å². The number of halogens is 1. The van der Waals surface area contributed by atoms with Crippen molar-refractivity contribution in [2.45, 2.75) is 26.2 Å². The van der Waals surface area contributed by atoms with Crippen LogP contribution >= 0.6 is 22.9 Å². The summed E-state index contributed by atoms with van der Waals surface area (Å²) in [5.41, 5.74) is 3.46. The van der Waals surface area contributed by atoms with Crippen LogP contribution in [0.5, 0.6) is 0 Å². The number of fused-ring (bicyclic) bond motifs is 3. The van der Waals surface area contributed by atoms with Crippen LogP contribution in [-0.2, 0) is 19.9 Å². The van der Waals surface area contributed by atoms with Gasteiger partial charge in [0, 0.05) is 18.1 Å². The lowest BCUT2D eigenvalue weighted by atomic mass is 10.2. The summed E-state index contributed by atoms with van der Waals surface area (Å²) in [5.74, 6) is -0.119. The van der Waals surface area contributed by atoms with Gasteiger partial charge in [-0.15, -0.1) is 11.3 Å². The van der Waals surface area contributed by atoms with Gasteiger partial charge in [0.2, 0.25) is 0 Å². The Kier molecular flexibility index (Phi) is 3.47. The van der Waals surface area contributed by atoms with Crippen LogP contribution in [0.25, 0.3) is 10.2 Å². The number of amides is 1. The summed E-state index contributed by atoms with van der Waals surface area (Å²) in [5, 5.41) is 4.86. The van der Waals surface area contributed by atoms with Crippen molar-refractivity contribution in [1.29, 1.82) is 0 Å². The molecule has 1 N–H and O–H groups in total. The Balaban J connectivity index is 1.81. The molecule has 124 valence electrons. The minimum absolute atomic E-state index is 0.0705. The Labute approximate surface area is 145 Å². The minimum atomic E-state index is -0.543. The molecule has 3 heterocycles. The molecular formula is C15H14ClN5O2S. The van der Waals surface area contributed by atoms with E-state index in [1.807, 2.05) is 0 Å². The molecule has 24 heavy (non-hydrogen) atoms. The maximum atomic E-state index is 12.9. The number of thiophene rings is 1. The lowest BCUT2D eigenvalue weighted by Crippen LogP contribution is -2.35. The van der Waals surface area contributed by atoms with Gasteiger partial charge < -0.3 is 0 Å². The van der Waals surface area contributed by atoms with Gasteiger partial charge in [-0.05, 0) is 31.7 Å². The first kappa shape index (κ1) is 15.3. The lowest BCUT2D eigenvalue weighted by molar-refractivity contribution is 0.100. The number of nitrogens with one attached hydrogen (secondary N) is 1. The molecule has 0 aromatic carbocycles. The highest BCUT2D eigenvalue weighted by Gasteiger charge is 2.23. The molecule has 0 bridgehead atoms. The monoisotopic (exact) mass is 363 g/mol. The minimum Gasteiger partial charge on any atom is -0.273 e. The zero-order valence-electron chi connectivity index (χ0n) is 13.1. The van der Waals surface area contributed by atoms with Crippen LogP contribution in [-0.4, -0.2) is 25.3 Å². The second kappa shape index (κ2) is 5.42. The van der Waals surface area contributed by atoms with E-state index in [4.69, 9.17) is 11.6 Å². The van der Waals surface area contributed by atoms with Gasteiger partial charge in [0.05, 0.1) is 10.4 Å². The second-order valence-electron chi connectivity index (χ2n) is 5.78. The molecule has 0 spiro atoms. The molecule has 0 unspecified atom stereocenters. The number of carbonyl (C=O) groups is 1. The Morgan fingerprint density at radius 1 is 1.42 bits per heavy atom. The standard InChI is InChI=1S/C15H14ClN5O2S/c1-7-17-14-11(8-4-3-5-10(8)24-14)15(23)21(7)19-13(22)12-9(16)6-20(2)18-12/h6H,3-5H2,1-2H3,(H,19,22). The zero-order chi connectivity index (χ0) is 17.0. The van der Waals surface area contributed by atoms with Crippen molar-refractivity contribution >= 4 is 39.1 Å². The number of aromatic nitrogens is 4. The molecule has 4 rings (SSSR count). The molecule has 3 aromatic rings. The first-order chi connectivity index (χ1) is 11.5. The number of rotatable bonds is 2. The lowest BCUT2D eigenvalue weighted by Gasteiger charge is -2.10. The van der Waals surface area contributed by atoms with Gasteiger partial charge in [0.15, 0.2) is 5.69 Å².